The second-order valence-corrected chi connectivity index (χ2v) is 10.7. The lowest BCUT2D eigenvalue weighted by atomic mass is 9.99. The maximum absolute atomic E-state index is 13.1. The van der Waals surface area contributed by atoms with Crippen LogP contribution in [0.2, 0.25) is 0 Å². The van der Waals surface area contributed by atoms with E-state index in [9.17, 15) is 19.2 Å². The van der Waals surface area contributed by atoms with Crippen molar-refractivity contribution in [3.05, 3.63) is 47.5 Å². The van der Waals surface area contributed by atoms with Crippen molar-refractivity contribution in [3.8, 4) is 0 Å². The zero-order valence-corrected chi connectivity index (χ0v) is 22.6. The maximum atomic E-state index is 13.1. The van der Waals surface area contributed by atoms with Gasteiger partial charge in [-0.25, -0.2) is 5.43 Å². The van der Waals surface area contributed by atoms with E-state index < -0.39 is 36.1 Å². The van der Waals surface area contributed by atoms with Gasteiger partial charge in [0, 0.05) is 13.0 Å². The van der Waals surface area contributed by atoms with Crippen LogP contribution in [0.25, 0.3) is 10.8 Å². The molecule has 0 spiro atoms. The summed E-state index contributed by atoms with van der Waals surface area (Å²) in [7, 11) is 0. The lowest BCUT2D eigenvalue weighted by molar-refractivity contribution is -0.157. The number of benzene rings is 2. The summed E-state index contributed by atoms with van der Waals surface area (Å²) in [5.41, 5.74) is 4.98. The molecule has 1 saturated heterocycles. The van der Waals surface area contributed by atoms with Crippen LogP contribution in [-0.2, 0) is 30.3 Å². The van der Waals surface area contributed by atoms with Crippen molar-refractivity contribution in [2.24, 2.45) is 5.92 Å². The van der Waals surface area contributed by atoms with Gasteiger partial charge in [-0.05, 0) is 73.4 Å². The quantitative estimate of drug-likeness (QED) is 0.496. The molecule has 204 valence electrons. The molecule has 1 fully saturated rings. The zero-order chi connectivity index (χ0) is 27.4. The Morgan fingerprint density at radius 1 is 0.921 bits per heavy atom. The normalized spacial score (nSPS) is 26.2. The Morgan fingerprint density at radius 3 is 2.45 bits per heavy atom. The first-order chi connectivity index (χ1) is 18.1. The van der Waals surface area contributed by atoms with Crippen molar-refractivity contribution >= 4 is 34.5 Å². The molecular formula is C29H38N4O5. The van der Waals surface area contributed by atoms with Gasteiger partial charge in [0.25, 0.3) is 5.91 Å². The largest absolute Gasteiger partial charge is 0.457 e. The Bertz CT molecular complexity index is 1210. The summed E-state index contributed by atoms with van der Waals surface area (Å²) >= 11 is 0. The number of aryl methyl sites for hydroxylation is 1. The van der Waals surface area contributed by atoms with E-state index in [2.05, 4.69) is 34.3 Å². The van der Waals surface area contributed by atoms with Gasteiger partial charge < -0.3 is 15.4 Å². The van der Waals surface area contributed by atoms with E-state index in [-0.39, 0.29) is 24.2 Å². The number of ether oxygens (including phenoxy) is 1. The van der Waals surface area contributed by atoms with Crippen molar-refractivity contribution in [2.75, 3.05) is 6.54 Å². The number of fused-ring (bicyclic) bond motifs is 4. The average molecular weight is 523 g/mol. The molecule has 2 heterocycles. The number of rotatable bonds is 1. The van der Waals surface area contributed by atoms with E-state index in [1.54, 1.807) is 6.92 Å². The van der Waals surface area contributed by atoms with E-state index in [0.717, 1.165) is 21.9 Å². The molecule has 3 amide bonds. The summed E-state index contributed by atoms with van der Waals surface area (Å²) in [6.07, 6.45) is 2.33. The number of hydrogen-bond acceptors (Lipinski definition) is 6. The Kier molecular flexibility index (Phi) is 8.66. The highest BCUT2D eigenvalue weighted by Gasteiger charge is 2.33. The molecule has 0 saturated carbocycles. The molecule has 0 aromatic heterocycles. The van der Waals surface area contributed by atoms with E-state index in [4.69, 9.17) is 4.74 Å². The molecule has 5 bridgehead atoms. The van der Waals surface area contributed by atoms with Crippen LogP contribution < -0.4 is 16.1 Å². The number of hydrazine groups is 1. The number of hydrogen-bond donors (Lipinski definition) is 3. The van der Waals surface area contributed by atoms with Crippen LogP contribution in [0.1, 0.15) is 70.6 Å². The molecule has 0 aliphatic carbocycles. The number of cyclic esters (lactones) is 1. The molecular weight excluding hydrogens is 484 g/mol. The summed E-state index contributed by atoms with van der Waals surface area (Å²) in [5.74, 6) is -1.54. The lowest BCUT2D eigenvalue weighted by Crippen LogP contribution is -2.61. The molecule has 2 aromatic carbocycles. The number of esters is 1. The molecule has 1 unspecified atom stereocenters. The van der Waals surface area contributed by atoms with Crippen LogP contribution in [0.5, 0.6) is 0 Å². The van der Waals surface area contributed by atoms with Gasteiger partial charge in [0.2, 0.25) is 11.8 Å². The van der Waals surface area contributed by atoms with Gasteiger partial charge in [0.05, 0.1) is 0 Å². The summed E-state index contributed by atoms with van der Waals surface area (Å²) in [4.78, 5) is 51.8. The molecule has 2 aliphatic rings. The highest BCUT2D eigenvalue weighted by molar-refractivity contribution is 5.92. The standard InChI is InChI=1S/C29H38N4O5/c1-17(2)26-27(35)30-18(3)28(36)33-14-6-8-24(32-33)29(37)38-19(4)22-13-12-21-11-10-20(15-23(21)16-22)7-5-9-25(34)31-26/h10-13,15-19,24,26,32H,5-9,14H2,1-4H3,(H,30,35)(H,31,34)/t18-,19+,24-,26?/m0/s1. The van der Waals surface area contributed by atoms with Gasteiger partial charge in [0.1, 0.15) is 24.2 Å². The van der Waals surface area contributed by atoms with Crippen LogP contribution in [0, 0.1) is 5.92 Å². The molecule has 2 aromatic rings. The summed E-state index contributed by atoms with van der Waals surface area (Å²) in [6, 6.07) is 9.95. The predicted molar refractivity (Wildman–Crippen MR) is 144 cm³/mol. The molecule has 9 nitrogen and oxygen atoms in total. The number of carbonyl (C=O) groups excluding carboxylic acids is 4. The van der Waals surface area contributed by atoms with Crippen LogP contribution in [0.15, 0.2) is 36.4 Å². The molecule has 4 atom stereocenters. The summed E-state index contributed by atoms with van der Waals surface area (Å²) in [5, 5.41) is 9.09. The highest BCUT2D eigenvalue weighted by Crippen LogP contribution is 2.25. The van der Waals surface area contributed by atoms with Crippen LogP contribution in [0.4, 0.5) is 0 Å². The third-order valence-electron chi connectivity index (χ3n) is 7.29. The van der Waals surface area contributed by atoms with E-state index in [0.29, 0.717) is 32.2 Å². The molecule has 4 rings (SSSR count). The Balaban J connectivity index is 1.60. The first kappa shape index (κ1) is 27.6. The van der Waals surface area contributed by atoms with Gasteiger partial charge >= 0.3 is 5.97 Å². The number of nitrogens with zero attached hydrogens (tertiary/aromatic N) is 1. The smallest absolute Gasteiger partial charge is 0.325 e. The lowest BCUT2D eigenvalue weighted by Gasteiger charge is -2.35. The third-order valence-corrected chi connectivity index (χ3v) is 7.29. The third kappa shape index (κ3) is 6.51. The topological polar surface area (TPSA) is 117 Å². The van der Waals surface area contributed by atoms with Gasteiger partial charge in [0.15, 0.2) is 0 Å². The maximum Gasteiger partial charge on any atom is 0.325 e. The Labute approximate surface area is 223 Å². The minimum Gasteiger partial charge on any atom is -0.457 e. The second kappa shape index (κ2) is 11.9. The summed E-state index contributed by atoms with van der Waals surface area (Å²) in [6.45, 7) is 7.56. The number of carbonyl (C=O) groups is 4. The molecule has 3 N–H and O–H groups in total. The first-order valence-electron chi connectivity index (χ1n) is 13.5. The van der Waals surface area contributed by atoms with Crippen molar-refractivity contribution in [2.45, 2.75) is 84.0 Å². The summed E-state index contributed by atoms with van der Waals surface area (Å²) < 4.78 is 5.80. The minimum absolute atomic E-state index is 0.160. The second-order valence-electron chi connectivity index (χ2n) is 10.7. The van der Waals surface area contributed by atoms with E-state index >= 15 is 0 Å². The van der Waals surface area contributed by atoms with Crippen molar-refractivity contribution in [3.63, 3.8) is 0 Å². The molecule has 9 heteroatoms. The van der Waals surface area contributed by atoms with Gasteiger partial charge in [-0.15, -0.1) is 0 Å². The van der Waals surface area contributed by atoms with Gasteiger partial charge in [-0.3, -0.25) is 24.2 Å². The van der Waals surface area contributed by atoms with E-state index in [1.165, 1.54) is 5.01 Å². The van der Waals surface area contributed by atoms with E-state index in [1.807, 2.05) is 39.0 Å². The SMILES string of the molecule is CC(C)C1NC(=O)CCCc2ccc3ccc(cc3c2)[C@@H](C)OC(=O)[C@@H]2CCCN(N2)C(=O)[C@H](C)NC1=O. The fourth-order valence-corrected chi connectivity index (χ4v) is 4.99. The predicted octanol–water partition coefficient (Wildman–Crippen LogP) is 2.92. The number of nitrogens with one attached hydrogen (secondary N) is 3. The van der Waals surface area contributed by atoms with Gasteiger partial charge in [-0.2, -0.15) is 0 Å². The fourth-order valence-electron chi connectivity index (χ4n) is 4.99. The molecule has 2 aliphatic heterocycles. The first-order valence-corrected chi connectivity index (χ1v) is 13.5. The molecule has 38 heavy (non-hydrogen) atoms. The highest BCUT2D eigenvalue weighted by atomic mass is 16.5. The zero-order valence-electron chi connectivity index (χ0n) is 22.6. The van der Waals surface area contributed by atoms with Crippen LogP contribution >= 0.6 is 0 Å². The Hall–Kier alpha value is -3.46. The van der Waals surface area contributed by atoms with Crippen molar-refractivity contribution < 1.29 is 23.9 Å². The fraction of sp³-hybridized carbons (Fsp3) is 0.517. The van der Waals surface area contributed by atoms with Crippen molar-refractivity contribution in [1.29, 1.82) is 0 Å². The van der Waals surface area contributed by atoms with Crippen LogP contribution in [-0.4, -0.2) is 53.4 Å². The molecule has 0 radical (unpaired) electrons. The average Bonchev–Trinajstić information content (AvgIpc) is 2.90. The van der Waals surface area contributed by atoms with Gasteiger partial charge in [-0.1, -0.05) is 44.2 Å². The minimum atomic E-state index is -0.839. The number of amides is 3. The Morgan fingerprint density at radius 2 is 1.68 bits per heavy atom. The van der Waals surface area contributed by atoms with Crippen LogP contribution in [0.3, 0.4) is 0 Å². The monoisotopic (exact) mass is 522 g/mol. The van der Waals surface area contributed by atoms with Crippen molar-refractivity contribution in [1.82, 2.24) is 21.1 Å².